The highest BCUT2D eigenvalue weighted by atomic mass is 32.2. The van der Waals surface area contributed by atoms with Crippen LogP contribution in [-0.2, 0) is 33.9 Å². The minimum atomic E-state index is -3.83. The van der Waals surface area contributed by atoms with Crippen molar-refractivity contribution in [1.82, 2.24) is 25.2 Å². The van der Waals surface area contributed by atoms with Gasteiger partial charge in [-0.2, -0.15) is 0 Å². The highest BCUT2D eigenvalue weighted by molar-refractivity contribution is 7.91. The zero-order valence-electron chi connectivity index (χ0n) is 24.1. The van der Waals surface area contributed by atoms with Gasteiger partial charge < -0.3 is 25.2 Å². The number of nitrogens with zero attached hydrogens (tertiary/aromatic N) is 2. The maximum atomic E-state index is 13.7. The molecule has 0 unspecified atom stereocenters. The molecule has 1 saturated heterocycles. The number of carbonyl (C=O) groups excluding carboxylic acids is 5. The Hall–Kier alpha value is -3.42. The summed E-state index contributed by atoms with van der Waals surface area (Å²) in [6.45, 7) is 12.5. The molecular weight excluding hydrogens is 554 g/mol. The molecule has 0 radical (unpaired) electrons. The number of likely N-dealkylation sites (tertiary alicyclic amines) is 1. The first-order valence-corrected chi connectivity index (χ1v) is 15.3. The third-order valence-corrected chi connectivity index (χ3v) is 9.20. The molecule has 3 rings (SSSR count). The Morgan fingerprint density at radius 3 is 2.34 bits per heavy atom. The number of alkyl carbamates (subject to hydrolysis) is 1. The van der Waals surface area contributed by atoms with Gasteiger partial charge in [-0.05, 0) is 65.4 Å². The smallest absolute Gasteiger partial charge is 0.408 e. The van der Waals surface area contributed by atoms with Gasteiger partial charge in [-0.1, -0.05) is 12.7 Å². The van der Waals surface area contributed by atoms with Gasteiger partial charge in [0.2, 0.25) is 27.7 Å². The van der Waals surface area contributed by atoms with E-state index in [4.69, 9.17) is 4.74 Å². The summed E-state index contributed by atoms with van der Waals surface area (Å²) in [5.41, 5.74) is -2.29. The van der Waals surface area contributed by atoms with Crippen LogP contribution in [0.25, 0.3) is 0 Å². The largest absolute Gasteiger partial charge is 0.444 e. The predicted molar refractivity (Wildman–Crippen MR) is 150 cm³/mol. The van der Waals surface area contributed by atoms with Crippen LogP contribution < -0.4 is 15.4 Å². The summed E-state index contributed by atoms with van der Waals surface area (Å²) >= 11 is 0. The van der Waals surface area contributed by atoms with Crippen LogP contribution >= 0.6 is 0 Å². The van der Waals surface area contributed by atoms with Crippen LogP contribution in [0.15, 0.2) is 25.3 Å². The van der Waals surface area contributed by atoms with E-state index >= 15 is 0 Å². The third-order valence-electron chi connectivity index (χ3n) is 7.38. The molecule has 0 aromatic rings. The third kappa shape index (κ3) is 7.86. The average Bonchev–Trinajstić information content (AvgIpc) is 3.80. The number of carbonyl (C=O) groups is 5. The van der Waals surface area contributed by atoms with Gasteiger partial charge in [0.05, 0.1) is 5.25 Å². The minimum Gasteiger partial charge on any atom is -0.444 e. The Balaban J connectivity index is 1.75. The Morgan fingerprint density at radius 1 is 1.15 bits per heavy atom. The molecule has 0 aromatic heterocycles. The van der Waals surface area contributed by atoms with Crippen molar-refractivity contribution in [2.24, 2.45) is 5.92 Å². The van der Waals surface area contributed by atoms with E-state index in [9.17, 15) is 32.4 Å². The summed E-state index contributed by atoms with van der Waals surface area (Å²) in [6.07, 6.45) is 3.78. The molecule has 1 heterocycles. The van der Waals surface area contributed by atoms with Gasteiger partial charge >= 0.3 is 6.09 Å². The van der Waals surface area contributed by atoms with Crippen LogP contribution in [0.4, 0.5) is 4.79 Å². The second kappa shape index (κ2) is 12.2. The minimum absolute atomic E-state index is 0.0445. The van der Waals surface area contributed by atoms with Gasteiger partial charge in [0.25, 0.3) is 5.91 Å². The van der Waals surface area contributed by atoms with Crippen molar-refractivity contribution in [3.63, 3.8) is 0 Å². The van der Waals surface area contributed by atoms with Gasteiger partial charge in [0.15, 0.2) is 0 Å². The number of rotatable bonds is 12. The Labute approximate surface area is 241 Å². The van der Waals surface area contributed by atoms with Gasteiger partial charge in [0.1, 0.15) is 23.2 Å². The first kappa shape index (κ1) is 32.1. The van der Waals surface area contributed by atoms with Crippen molar-refractivity contribution in [1.29, 1.82) is 0 Å². The fourth-order valence-electron chi connectivity index (χ4n) is 4.82. The Kier molecular flexibility index (Phi) is 9.56. The number of hydrogen-bond donors (Lipinski definition) is 3. The van der Waals surface area contributed by atoms with Crippen molar-refractivity contribution in [3.8, 4) is 0 Å². The molecule has 1 aliphatic heterocycles. The Bertz CT molecular complexity index is 1210. The number of amides is 5. The van der Waals surface area contributed by atoms with Crippen LogP contribution in [0, 0.1) is 5.92 Å². The van der Waals surface area contributed by atoms with E-state index in [1.807, 2.05) is 0 Å². The first-order chi connectivity index (χ1) is 19.0. The molecule has 3 N–H and O–H groups in total. The van der Waals surface area contributed by atoms with Gasteiger partial charge in [-0.15, -0.1) is 6.58 Å². The lowest BCUT2D eigenvalue weighted by Crippen LogP contribution is -2.58. The molecule has 41 heavy (non-hydrogen) atoms. The molecule has 5 amide bonds. The summed E-state index contributed by atoms with van der Waals surface area (Å²) in [6, 6.07) is -2.06. The van der Waals surface area contributed by atoms with Crippen LogP contribution in [0.5, 0.6) is 0 Å². The van der Waals surface area contributed by atoms with E-state index in [-0.39, 0.29) is 31.8 Å². The number of sulfonamides is 1. The molecular formula is C27H41N5O8S. The van der Waals surface area contributed by atoms with E-state index in [1.54, 1.807) is 20.8 Å². The van der Waals surface area contributed by atoms with E-state index in [0.717, 1.165) is 6.08 Å². The molecule has 0 aromatic carbocycles. The molecule has 13 nitrogen and oxygen atoms in total. The maximum absolute atomic E-state index is 13.7. The van der Waals surface area contributed by atoms with Gasteiger partial charge in [-0.3, -0.25) is 23.9 Å². The molecule has 0 bridgehead atoms. The first-order valence-electron chi connectivity index (χ1n) is 13.7. The molecule has 2 saturated carbocycles. The average molecular weight is 596 g/mol. The molecule has 0 spiro atoms. The summed E-state index contributed by atoms with van der Waals surface area (Å²) in [5.74, 6) is -2.79. The maximum Gasteiger partial charge on any atom is 0.408 e. The molecule has 3 aliphatic rings. The van der Waals surface area contributed by atoms with Crippen LogP contribution in [0.3, 0.4) is 0 Å². The van der Waals surface area contributed by atoms with Crippen molar-refractivity contribution in [2.45, 2.75) is 87.8 Å². The predicted octanol–water partition coefficient (Wildman–Crippen LogP) is 0.575. The van der Waals surface area contributed by atoms with E-state index in [1.165, 1.54) is 22.9 Å². The monoisotopic (exact) mass is 595 g/mol. The lowest BCUT2D eigenvalue weighted by Gasteiger charge is -2.31. The highest BCUT2D eigenvalue weighted by Gasteiger charge is 2.61. The lowest BCUT2D eigenvalue weighted by molar-refractivity contribution is -0.141. The molecule has 3 fully saturated rings. The number of nitrogens with one attached hydrogen (secondary N) is 3. The highest BCUT2D eigenvalue weighted by Crippen LogP contribution is 2.45. The van der Waals surface area contributed by atoms with E-state index in [2.05, 4.69) is 28.5 Å². The Morgan fingerprint density at radius 2 is 1.80 bits per heavy atom. The summed E-state index contributed by atoms with van der Waals surface area (Å²) < 4.78 is 32.2. The quantitative estimate of drug-likeness (QED) is 0.217. The van der Waals surface area contributed by atoms with E-state index in [0.29, 0.717) is 25.7 Å². The summed E-state index contributed by atoms with van der Waals surface area (Å²) in [4.78, 5) is 67.4. The van der Waals surface area contributed by atoms with Gasteiger partial charge in [0, 0.05) is 26.1 Å². The second-order valence-corrected chi connectivity index (χ2v) is 13.8. The lowest BCUT2D eigenvalue weighted by atomic mass is 10.1. The van der Waals surface area contributed by atoms with Crippen molar-refractivity contribution in [2.75, 3.05) is 20.1 Å². The van der Waals surface area contributed by atoms with Crippen LogP contribution in [0.2, 0.25) is 0 Å². The van der Waals surface area contributed by atoms with Crippen LogP contribution in [-0.4, -0.2) is 96.6 Å². The standard InChI is InChI=1S/C27H41N5O8S/c1-7-17-16-27(17,24(36)30-41(38,39)18-11-12-18)29-22(34)20-10-9-14-32(20)23(35)19(13-15-31(6)21(33)8-2)28-25(37)40-26(3,4)5/h7-8,17-20H,1-2,9-16H2,3-6H3,(H,28,37)(H,29,34)(H,30,36)/t17-,19+,20+,27-/m1/s1. The van der Waals surface area contributed by atoms with Crippen molar-refractivity contribution < 1.29 is 37.1 Å². The fraction of sp³-hybridized carbons (Fsp3) is 0.667. The number of hydrogen-bond acceptors (Lipinski definition) is 8. The fourth-order valence-corrected chi connectivity index (χ4v) is 6.18. The number of ether oxygens (including phenoxy) is 1. The molecule has 228 valence electrons. The zero-order valence-corrected chi connectivity index (χ0v) is 24.9. The molecule has 2 aliphatic carbocycles. The van der Waals surface area contributed by atoms with E-state index < -0.39 is 68.2 Å². The number of likely N-dealkylation sites (N-methyl/N-ethyl adjacent to an activating group) is 1. The van der Waals surface area contributed by atoms with Crippen molar-refractivity contribution >= 4 is 39.7 Å². The van der Waals surface area contributed by atoms with Crippen molar-refractivity contribution in [3.05, 3.63) is 25.3 Å². The molecule has 14 heteroatoms. The second-order valence-electron chi connectivity index (χ2n) is 11.8. The van der Waals surface area contributed by atoms with Gasteiger partial charge in [-0.25, -0.2) is 13.2 Å². The SMILES string of the molecule is C=CC(=O)N(C)CC[C@H](NC(=O)OC(C)(C)C)C(=O)N1CCC[C@H]1C(=O)N[C@]1(C(=O)NS(=O)(=O)C2CC2)C[C@H]1C=C. The zero-order chi connectivity index (χ0) is 30.8. The topological polar surface area (TPSA) is 171 Å². The summed E-state index contributed by atoms with van der Waals surface area (Å²) in [7, 11) is -2.30. The normalized spacial score (nSPS) is 24.4. The summed E-state index contributed by atoms with van der Waals surface area (Å²) in [5, 5.41) is 4.66. The molecule has 4 atom stereocenters. The van der Waals surface area contributed by atoms with Crippen LogP contribution in [0.1, 0.15) is 59.3 Å².